The molecule has 2 rings (SSSR count). The Hall–Kier alpha value is -0.380. The lowest BCUT2D eigenvalue weighted by atomic mass is 9.91. The van der Waals surface area contributed by atoms with E-state index in [1.165, 1.54) is 0 Å². The molecule has 1 fully saturated rings. The lowest BCUT2D eigenvalue weighted by Gasteiger charge is -2.21. The summed E-state index contributed by atoms with van der Waals surface area (Å²) in [4.78, 5) is 12.2. The van der Waals surface area contributed by atoms with Crippen molar-refractivity contribution in [1.29, 1.82) is 0 Å². The minimum absolute atomic E-state index is 0.0561. The van der Waals surface area contributed by atoms with Gasteiger partial charge in [0.2, 0.25) is 0 Å². The summed E-state index contributed by atoms with van der Waals surface area (Å²) in [5, 5.41) is 0.527. The molecule has 86 valence electrons. The first-order chi connectivity index (χ1) is 7.68. The number of hydrogen-bond donors (Lipinski definition) is 0. The Balaban J connectivity index is 2.22. The van der Waals surface area contributed by atoms with Crippen molar-refractivity contribution >= 4 is 33.3 Å². The third-order valence-corrected chi connectivity index (χ3v) is 3.61. The van der Waals surface area contributed by atoms with Crippen LogP contribution in [0.1, 0.15) is 23.2 Å². The summed E-state index contributed by atoms with van der Waals surface area (Å²) in [5.41, 5.74) is 0.614. The Morgan fingerprint density at radius 2 is 2.06 bits per heavy atom. The van der Waals surface area contributed by atoms with E-state index in [9.17, 15) is 4.79 Å². The second-order valence-corrected chi connectivity index (χ2v) is 5.20. The van der Waals surface area contributed by atoms with Gasteiger partial charge in [-0.3, -0.25) is 4.79 Å². The minimum Gasteiger partial charge on any atom is -0.381 e. The normalized spacial score (nSPS) is 17.4. The zero-order valence-electron chi connectivity index (χ0n) is 8.71. The van der Waals surface area contributed by atoms with Crippen LogP contribution >= 0.6 is 27.5 Å². The van der Waals surface area contributed by atoms with Crippen molar-refractivity contribution in [3.63, 3.8) is 0 Å². The highest BCUT2D eigenvalue weighted by atomic mass is 79.9. The summed E-state index contributed by atoms with van der Waals surface area (Å²) < 4.78 is 6.13. The number of hydrogen-bond acceptors (Lipinski definition) is 2. The molecule has 0 aromatic heterocycles. The first kappa shape index (κ1) is 12.1. The highest BCUT2D eigenvalue weighted by molar-refractivity contribution is 9.10. The number of carbonyl (C=O) groups excluding carboxylic acids is 1. The van der Waals surface area contributed by atoms with E-state index in [-0.39, 0.29) is 11.7 Å². The molecule has 0 saturated carbocycles. The van der Waals surface area contributed by atoms with Gasteiger partial charge in [0.05, 0.1) is 5.02 Å². The lowest BCUT2D eigenvalue weighted by Crippen LogP contribution is -2.23. The van der Waals surface area contributed by atoms with Crippen molar-refractivity contribution in [3.8, 4) is 0 Å². The maximum atomic E-state index is 12.2. The summed E-state index contributed by atoms with van der Waals surface area (Å²) in [5.74, 6) is 0.190. The monoisotopic (exact) mass is 302 g/mol. The summed E-state index contributed by atoms with van der Waals surface area (Å²) in [6.07, 6.45) is 1.59. The quantitative estimate of drug-likeness (QED) is 0.779. The zero-order chi connectivity index (χ0) is 11.5. The molecule has 1 heterocycles. The van der Waals surface area contributed by atoms with Gasteiger partial charge in [0, 0.05) is 29.2 Å². The molecule has 0 bridgehead atoms. The van der Waals surface area contributed by atoms with E-state index in [1.54, 1.807) is 12.1 Å². The molecule has 2 nitrogen and oxygen atoms in total. The summed E-state index contributed by atoms with van der Waals surface area (Å²) in [7, 11) is 0. The van der Waals surface area contributed by atoms with Gasteiger partial charge in [0.15, 0.2) is 5.78 Å². The van der Waals surface area contributed by atoms with Crippen molar-refractivity contribution in [1.82, 2.24) is 0 Å². The molecule has 0 amide bonds. The lowest BCUT2D eigenvalue weighted by molar-refractivity contribution is 0.0545. The van der Waals surface area contributed by atoms with Crippen LogP contribution in [0.4, 0.5) is 0 Å². The molecule has 0 atom stereocenters. The van der Waals surface area contributed by atoms with Crippen molar-refractivity contribution < 1.29 is 9.53 Å². The van der Waals surface area contributed by atoms with Gasteiger partial charge in [-0.15, -0.1) is 0 Å². The summed E-state index contributed by atoms with van der Waals surface area (Å²) in [6.45, 7) is 1.34. The van der Waals surface area contributed by atoms with E-state index in [0.29, 0.717) is 23.8 Å². The molecule has 1 aliphatic rings. The number of halogens is 2. The average molecular weight is 304 g/mol. The smallest absolute Gasteiger partial charge is 0.167 e. The summed E-state index contributed by atoms with van der Waals surface area (Å²) >= 11 is 9.39. The van der Waals surface area contributed by atoms with Gasteiger partial charge in [-0.2, -0.15) is 0 Å². The van der Waals surface area contributed by atoms with Crippen LogP contribution in [0, 0.1) is 5.92 Å². The van der Waals surface area contributed by atoms with Crippen LogP contribution in [0.3, 0.4) is 0 Å². The van der Waals surface area contributed by atoms with Crippen LogP contribution in [-0.4, -0.2) is 19.0 Å². The molecule has 0 unspecified atom stereocenters. The Morgan fingerprint density at radius 1 is 1.38 bits per heavy atom. The van der Waals surface area contributed by atoms with Gasteiger partial charge in [0.25, 0.3) is 0 Å². The van der Waals surface area contributed by atoms with Crippen LogP contribution in [0.2, 0.25) is 5.02 Å². The highest BCUT2D eigenvalue weighted by Gasteiger charge is 2.24. The SMILES string of the molecule is O=C(c1cc(Br)ccc1Cl)C1CCOCC1. The fourth-order valence-corrected chi connectivity index (χ4v) is 2.44. The first-order valence-electron chi connectivity index (χ1n) is 5.25. The molecule has 1 aliphatic heterocycles. The second kappa shape index (κ2) is 5.30. The van der Waals surface area contributed by atoms with E-state index in [4.69, 9.17) is 16.3 Å². The van der Waals surface area contributed by atoms with Crippen molar-refractivity contribution in [2.75, 3.05) is 13.2 Å². The minimum atomic E-state index is 0.0561. The van der Waals surface area contributed by atoms with Crippen LogP contribution in [-0.2, 0) is 4.74 Å². The Morgan fingerprint density at radius 3 is 2.75 bits per heavy atom. The average Bonchev–Trinajstić information content (AvgIpc) is 2.32. The van der Waals surface area contributed by atoms with Crippen molar-refractivity contribution in [2.45, 2.75) is 12.8 Å². The number of carbonyl (C=O) groups is 1. The molecule has 1 aromatic rings. The molecule has 0 aliphatic carbocycles. The third kappa shape index (κ3) is 2.65. The van der Waals surface area contributed by atoms with E-state index in [2.05, 4.69) is 15.9 Å². The fourth-order valence-electron chi connectivity index (χ4n) is 1.87. The Bertz CT molecular complexity index is 400. The molecule has 4 heteroatoms. The largest absolute Gasteiger partial charge is 0.381 e. The molecule has 1 aromatic carbocycles. The number of benzene rings is 1. The standard InChI is InChI=1S/C12H12BrClO2/c13-9-1-2-11(14)10(7-9)12(15)8-3-5-16-6-4-8/h1-2,7-8H,3-6H2. The van der Waals surface area contributed by atoms with E-state index >= 15 is 0 Å². The predicted octanol–water partition coefficient (Wildman–Crippen LogP) is 3.71. The highest BCUT2D eigenvalue weighted by Crippen LogP contribution is 2.27. The van der Waals surface area contributed by atoms with Gasteiger partial charge in [-0.25, -0.2) is 0 Å². The van der Waals surface area contributed by atoms with Gasteiger partial charge in [0.1, 0.15) is 0 Å². The molecule has 1 saturated heterocycles. The van der Waals surface area contributed by atoms with E-state index < -0.39 is 0 Å². The van der Waals surface area contributed by atoms with Gasteiger partial charge >= 0.3 is 0 Å². The molecule has 0 spiro atoms. The molecular formula is C12H12BrClO2. The second-order valence-electron chi connectivity index (χ2n) is 3.88. The van der Waals surface area contributed by atoms with Gasteiger partial charge < -0.3 is 4.74 Å². The van der Waals surface area contributed by atoms with Gasteiger partial charge in [-0.05, 0) is 31.0 Å². The molecule has 0 radical (unpaired) electrons. The van der Waals surface area contributed by atoms with Gasteiger partial charge in [-0.1, -0.05) is 27.5 Å². The van der Waals surface area contributed by atoms with Crippen LogP contribution in [0.25, 0.3) is 0 Å². The van der Waals surface area contributed by atoms with Crippen molar-refractivity contribution in [3.05, 3.63) is 33.3 Å². The van der Waals surface area contributed by atoms with Crippen LogP contribution in [0.5, 0.6) is 0 Å². The Kier molecular flexibility index (Phi) is 4.00. The van der Waals surface area contributed by atoms with E-state index in [1.807, 2.05) is 6.07 Å². The fraction of sp³-hybridized carbons (Fsp3) is 0.417. The number of rotatable bonds is 2. The maximum absolute atomic E-state index is 12.2. The van der Waals surface area contributed by atoms with E-state index in [0.717, 1.165) is 17.3 Å². The number of ether oxygens (including phenoxy) is 1. The number of ketones is 1. The molecule has 16 heavy (non-hydrogen) atoms. The molecule has 0 N–H and O–H groups in total. The summed E-state index contributed by atoms with van der Waals surface area (Å²) in [6, 6.07) is 5.38. The number of Topliss-reactive ketones (excluding diaryl/α,β-unsaturated/α-hetero) is 1. The van der Waals surface area contributed by atoms with Crippen LogP contribution < -0.4 is 0 Å². The zero-order valence-corrected chi connectivity index (χ0v) is 11.1. The predicted molar refractivity (Wildman–Crippen MR) is 67.0 cm³/mol. The van der Waals surface area contributed by atoms with Crippen LogP contribution in [0.15, 0.2) is 22.7 Å². The maximum Gasteiger partial charge on any atom is 0.167 e. The molecular weight excluding hydrogens is 291 g/mol. The first-order valence-corrected chi connectivity index (χ1v) is 6.42. The third-order valence-electron chi connectivity index (χ3n) is 2.79. The topological polar surface area (TPSA) is 26.3 Å². The van der Waals surface area contributed by atoms with Crippen molar-refractivity contribution in [2.24, 2.45) is 5.92 Å². The Labute approximate surface area is 108 Å².